The van der Waals surface area contributed by atoms with Gasteiger partial charge in [-0.25, -0.2) is 4.98 Å². The third kappa shape index (κ3) is 5.56. The molecule has 0 amide bonds. The first-order valence-electron chi connectivity index (χ1n) is 8.50. The number of unbranched alkanes of at least 4 members (excludes halogenated alkanes) is 1. The number of halogens is 1. The van der Waals surface area contributed by atoms with Crippen molar-refractivity contribution in [2.45, 2.75) is 51.7 Å². The Morgan fingerprint density at radius 3 is 2.64 bits per heavy atom. The van der Waals surface area contributed by atoms with E-state index in [0.717, 1.165) is 19.7 Å². The van der Waals surface area contributed by atoms with Gasteiger partial charge in [-0.05, 0) is 50.0 Å². The maximum atomic E-state index is 6.32. The molecule has 1 fully saturated rings. The number of nitrogens with zero attached hydrogens (tertiary/aromatic N) is 2. The lowest BCUT2D eigenvalue weighted by atomic mass is 9.98. The lowest BCUT2D eigenvalue weighted by Gasteiger charge is -2.35. The van der Waals surface area contributed by atoms with Crippen molar-refractivity contribution in [1.82, 2.24) is 4.98 Å². The molecule has 0 unspecified atom stereocenters. The molecule has 0 N–H and O–H groups in total. The van der Waals surface area contributed by atoms with Crippen molar-refractivity contribution < 1.29 is 4.43 Å². The number of pyridine rings is 1. The molecule has 2 rings (SSSR count). The summed E-state index contributed by atoms with van der Waals surface area (Å²) in [5.74, 6) is 0.713. The van der Waals surface area contributed by atoms with Crippen molar-refractivity contribution in [2.24, 2.45) is 5.92 Å². The van der Waals surface area contributed by atoms with Gasteiger partial charge in [0.1, 0.15) is 5.15 Å². The van der Waals surface area contributed by atoms with E-state index in [1.54, 1.807) is 0 Å². The minimum Gasteiger partial charge on any atom is -0.417 e. The van der Waals surface area contributed by atoms with Crippen molar-refractivity contribution in [1.29, 1.82) is 0 Å². The van der Waals surface area contributed by atoms with Gasteiger partial charge in [0.15, 0.2) is 8.32 Å². The Balaban J connectivity index is 1.74. The Hall–Kier alpha value is -0.583. The summed E-state index contributed by atoms with van der Waals surface area (Å²) in [5.41, 5.74) is 1.18. The zero-order chi connectivity index (χ0) is 16.0. The molecule has 0 atom stereocenters. The van der Waals surface area contributed by atoms with Gasteiger partial charge in [-0.15, -0.1) is 0 Å². The van der Waals surface area contributed by atoms with Gasteiger partial charge in [0.25, 0.3) is 0 Å². The molecule has 22 heavy (non-hydrogen) atoms. The second-order valence-corrected chi connectivity index (χ2v) is 11.6. The zero-order valence-electron chi connectivity index (χ0n) is 14.1. The molecular formula is C17H29ClN2OSi. The van der Waals surface area contributed by atoms with Crippen LogP contribution in [-0.4, -0.2) is 33.0 Å². The van der Waals surface area contributed by atoms with Gasteiger partial charge in [-0.1, -0.05) is 31.4 Å². The Kier molecular flexibility index (Phi) is 6.72. The number of piperidine rings is 1. The molecule has 0 saturated carbocycles. The summed E-state index contributed by atoms with van der Waals surface area (Å²) in [7, 11) is -1.43. The number of aromatic nitrogens is 1. The third-order valence-corrected chi connectivity index (χ3v) is 7.26. The molecule has 3 nitrogen and oxygen atoms in total. The van der Waals surface area contributed by atoms with Gasteiger partial charge < -0.3 is 9.33 Å². The molecule has 124 valence electrons. The number of anilines is 1. The van der Waals surface area contributed by atoms with Crippen LogP contribution in [-0.2, 0) is 4.43 Å². The molecule has 0 radical (unpaired) electrons. The summed E-state index contributed by atoms with van der Waals surface area (Å²) in [4.78, 5) is 6.58. The van der Waals surface area contributed by atoms with Crippen molar-refractivity contribution in [3.8, 4) is 0 Å². The van der Waals surface area contributed by atoms with Crippen molar-refractivity contribution in [3.05, 3.63) is 23.5 Å². The SMILES string of the molecule is CCCC[Si](C)(C)OCC1CCN(c2ccc(Cl)nc2)CC1. The average molecular weight is 341 g/mol. The molecule has 5 heteroatoms. The maximum absolute atomic E-state index is 6.32. The topological polar surface area (TPSA) is 25.4 Å². The highest BCUT2D eigenvalue weighted by atomic mass is 35.5. The van der Waals surface area contributed by atoms with Crippen molar-refractivity contribution in [3.63, 3.8) is 0 Å². The first kappa shape index (κ1) is 17.8. The van der Waals surface area contributed by atoms with Gasteiger partial charge in [-0.3, -0.25) is 0 Å². The van der Waals surface area contributed by atoms with Crippen LogP contribution >= 0.6 is 11.6 Å². The molecule has 0 aromatic carbocycles. The predicted molar refractivity (Wildman–Crippen MR) is 97.3 cm³/mol. The van der Waals surface area contributed by atoms with Gasteiger partial charge in [0, 0.05) is 19.7 Å². The molecule has 1 aliphatic heterocycles. The first-order valence-corrected chi connectivity index (χ1v) is 12.0. The largest absolute Gasteiger partial charge is 0.417 e. The van der Waals surface area contributed by atoms with Crippen LogP contribution in [0.5, 0.6) is 0 Å². The molecule has 1 saturated heterocycles. The highest BCUT2D eigenvalue weighted by molar-refractivity contribution is 6.71. The lowest BCUT2D eigenvalue weighted by Crippen LogP contribution is -2.38. The highest BCUT2D eigenvalue weighted by Crippen LogP contribution is 2.25. The summed E-state index contributed by atoms with van der Waals surface area (Å²) in [6.07, 6.45) is 6.87. The van der Waals surface area contributed by atoms with Crippen LogP contribution in [0.25, 0.3) is 0 Å². The van der Waals surface area contributed by atoms with Gasteiger partial charge in [0.2, 0.25) is 0 Å². The summed E-state index contributed by atoms with van der Waals surface area (Å²) >= 11 is 5.85. The highest BCUT2D eigenvalue weighted by Gasteiger charge is 2.25. The third-order valence-electron chi connectivity index (χ3n) is 4.53. The summed E-state index contributed by atoms with van der Waals surface area (Å²) in [6, 6.07) is 5.22. The van der Waals surface area contributed by atoms with Gasteiger partial charge in [0.05, 0.1) is 11.9 Å². The molecule has 1 aromatic heterocycles. The maximum Gasteiger partial charge on any atom is 0.186 e. The second kappa shape index (κ2) is 8.32. The van der Waals surface area contributed by atoms with Crippen molar-refractivity contribution >= 4 is 25.6 Å². The van der Waals surface area contributed by atoms with E-state index in [0.29, 0.717) is 11.1 Å². The second-order valence-electron chi connectivity index (χ2n) is 6.94. The summed E-state index contributed by atoms with van der Waals surface area (Å²) in [5, 5.41) is 0.561. The minimum atomic E-state index is -1.43. The molecule has 0 bridgehead atoms. The molecule has 2 heterocycles. The fourth-order valence-corrected chi connectivity index (χ4v) is 5.08. The Labute approximate surface area is 141 Å². The molecule has 1 aliphatic rings. The van der Waals surface area contributed by atoms with E-state index in [2.05, 4.69) is 36.0 Å². The predicted octanol–water partition coefficient (Wildman–Crippen LogP) is 4.97. The zero-order valence-corrected chi connectivity index (χ0v) is 15.9. The lowest BCUT2D eigenvalue weighted by molar-refractivity contribution is 0.214. The molecule has 0 aliphatic carbocycles. The Morgan fingerprint density at radius 2 is 2.05 bits per heavy atom. The summed E-state index contributed by atoms with van der Waals surface area (Å²) < 4.78 is 6.32. The monoisotopic (exact) mass is 340 g/mol. The Bertz CT molecular complexity index is 444. The number of hydrogen-bond acceptors (Lipinski definition) is 3. The van der Waals surface area contributed by atoms with Crippen LogP contribution < -0.4 is 4.90 Å². The van der Waals surface area contributed by atoms with Crippen LogP contribution in [0, 0.1) is 5.92 Å². The van der Waals surface area contributed by atoms with E-state index in [1.165, 1.54) is 37.4 Å². The van der Waals surface area contributed by atoms with E-state index in [1.807, 2.05) is 12.3 Å². The molecule has 1 aromatic rings. The number of hydrogen-bond donors (Lipinski definition) is 0. The van der Waals surface area contributed by atoms with Crippen LogP contribution in [0.3, 0.4) is 0 Å². The van der Waals surface area contributed by atoms with E-state index in [4.69, 9.17) is 16.0 Å². The van der Waals surface area contributed by atoms with Gasteiger partial charge >= 0.3 is 0 Å². The molecule has 0 spiro atoms. The normalized spacial score (nSPS) is 17.0. The van der Waals surface area contributed by atoms with Crippen molar-refractivity contribution in [2.75, 3.05) is 24.6 Å². The van der Waals surface area contributed by atoms with Crippen LogP contribution in [0.15, 0.2) is 18.3 Å². The van der Waals surface area contributed by atoms with Gasteiger partial charge in [-0.2, -0.15) is 0 Å². The molecular weight excluding hydrogens is 312 g/mol. The summed E-state index contributed by atoms with van der Waals surface area (Å²) in [6.45, 7) is 10.1. The van der Waals surface area contributed by atoms with E-state index in [-0.39, 0.29) is 0 Å². The standard InChI is InChI=1S/C17H29ClN2OSi/c1-4-5-12-22(2,3)21-14-15-8-10-20(11-9-15)16-6-7-17(18)19-13-16/h6-7,13,15H,4-5,8-12,14H2,1-3H3. The van der Waals surface area contributed by atoms with Crippen LogP contribution in [0.4, 0.5) is 5.69 Å². The Morgan fingerprint density at radius 1 is 1.32 bits per heavy atom. The van der Waals surface area contributed by atoms with Crippen LogP contribution in [0.1, 0.15) is 32.6 Å². The average Bonchev–Trinajstić information content (AvgIpc) is 2.52. The fraction of sp³-hybridized carbons (Fsp3) is 0.706. The van der Waals surface area contributed by atoms with E-state index in [9.17, 15) is 0 Å². The van der Waals surface area contributed by atoms with E-state index >= 15 is 0 Å². The van der Waals surface area contributed by atoms with E-state index < -0.39 is 8.32 Å². The van der Waals surface area contributed by atoms with Crippen LogP contribution in [0.2, 0.25) is 24.3 Å². The quantitative estimate of drug-likeness (QED) is 0.517. The first-order chi connectivity index (χ1) is 10.5. The number of rotatable bonds is 7. The fourth-order valence-electron chi connectivity index (χ4n) is 2.93. The smallest absolute Gasteiger partial charge is 0.186 e. The minimum absolute atomic E-state index is 0.561.